The molecule has 0 amide bonds. The summed E-state index contributed by atoms with van der Waals surface area (Å²) in [6.45, 7) is 1.64. The van der Waals surface area contributed by atoms with E-state index in [9.17, 15) is 15.2 Å². The van der Waals surface area contributed by atoms with Gasteiger partial charge in [-0.3, -0.25) is 10.1 Å². The van der Waals surface area contributed by atoms with E-state index in [-0.39, 0.29) is 5.69 Å². The smallest absolute Gasteiger partial charge is 0.271 e. The fraction of sp³-hybridized carbons (Fsp3) is 0.143. The Morgan fingerprint density at radius 1 is 1.24 bits per heavy atom. The summed E-state index contributed by atoms with van der Waals surface area (Å²) in [6.07, 6.45) is -0.684. The van der Waals surface area contributed by atoms with Gasteiger partial charge in [-0.25, -0.2) is 0 Å². The summed E-state index contributed by atoms with van der Waals surface area (Å²) in [6, 6.07) is 9.80. The molecular formula is C14H11Br2NO4. The topological polar surface area (TPSA) is 72.6 Å². The number of ether oxygens (including phenoxy) is 1. The molecule has 1 atom stereocenters. The van der Waals surface area contributed by atoms with Gasteiger partial charge in [0.25, 0.3) is 5.69 Å². The van der Waals surface area contributed by atoms with Gasteiger partial charge in [0.2, 0.25) is 0 Å². The quantitative estimate of drug-likeness (QED) is 0.564. The standard InChI is InChI=1S/C14H11Br2NO4/c1-8(18)10-4-2-3-5-13(10)21-14-11(15)6-9(17(19)20)7-12(14)16/h2-8,18H,1H3/t8-/m0/s1. The average Bonchev–Trinajstić information content (AvgIpc) is 2.42. The molecule has 0 aliphatic heterocycles. The van der Waals surface area contributed by atoms with Gasteiger partial charge in [0.05, 0.1) is 20.0 Å². The number of aliphatic hydroxyl groups is 1. The lowest BCUT2D eigenvalue weighted by atomic mass is 10.1. The molecule has 7 heteroatoms. The fourth-order valence-corrected chi connectivity index (χ4v) is 3.10. The fourth-order valence-electron chi connectivity index (χ4n) is 1.78. The van der Waals surface area contributed by atoms with Gasteiger partial charge in [0.15, 0.2) is 5.75 Å². The van der Waals surface area contributed by atoms with Gasteiger partial charge >= 0.3 is 0 Å². The van der Waals surface area contributed by atoms with Crippen molar-refractivity contribution in [1.29, 1.82) is 0 Å². The first-order valence-corrected chi connectivity index (χ1v) is 7.57. The lowest BCUT2D eigenvalue weighted by molar-refractivity contribution is -0.385. The maximum atomic E-state index is 10.8. The highest BCUT2D eigenvalue weighted by atomic mass is 79.9. The van der Waals surface area contributed by atoms with Crippen molar-refractivity contribution in [2.75, 3.05) is 0 Å². The molecule has 21 heavy (non-hydrogen) atoms. The molecule has 0 aliphatic rings. The minimum atomic E-state index is -0.684. The number of nitro groups is 1. The van der Waals surface area contributed by atoms with E-state index in [0.717, 1.165) is 0 Å². The Labute approximate surface area is 138 Å². The van der Waals surface area contributed by atoms with Crippen molar-refractivity contribution in [2.24, 2.45) is 0 Å². The van der Waals surface area contributed by atoms with Crippen molar-refractivity contribution in [1.82, 2.24) is 0 Å². The van der Waals surface area contributed by atoms with Crippen LogP contribution in [0.1, 0.15) is 18.6 Å². The highest BCUT2D eigenvalue weighted by Gasteiger charge is 2.17. The molecule has 2 aromatic rings. The Hall–Kier alpha value is -1.44. The molecule has 0 fully saturated rings. The third-order valence-corrected chi connectivity index (χ3v) is 3.95. The summed E-state index contributed by atoms with van der Waals surface area (Å²) >= 11 is 6.53. The summed E-state index contributed by atoms with van der Waals surface area (Å²) in [4.78, 5) is 10.3. The number of hydrogen-bond acceptors (Lipinski definition) is 4. The number of nitrogens with zero attached hydrogens (tertiary/aromatic N) is 1. The van der Waals surface area contributed by atoms with E-state index in [4.69, 9.17) is 4.74 Å². The summed E-state index contributed by atoms with van der Waals surface area (Å²) in [7, 11) is 0. The first-order chi connectivity index (χ1) is 9.90. The van der Waals surface area contributed by atoms with Crippen LogP contribution in [0.25, 0.3) is 0 Å². The van der Waals surface area contributed by atoms with E-state index < -0.39 is 11.0 Å². The Kier molecular flexibility index (Phi) is 4.97. The number of nitro benzene ring substituents is 1. The van der Waals surface area contributed by atoms with Crippen LogP contribution in [-0.4, -0.2) is 10.0 Å². The number of non-ortho nitro benzene ring substituents is 1. The number of hydrogen-bond donors (Lipinski definition) is 1. The maximum Gasteiger partial charge on any atom is 0.271 e. The molecule has 5 nitrogen and oxygen atoms in total. The normalized spacial score (nSPS) is 12.0. The number of aliphatic hydroxyl groups excluding tert-OH is 1. The first-order valence-electron chi connectivity index (χ1n) is 5.98. The summed E-state index contributed by atoms with van der Waals surface area (Å²) in [5.74, 6) is 0.899. The van der Waals surface area contributed by atoms with E-state index in [1.165, 1.54) is 12.1 Å². The molecule has 0 heterocycles. The van der Waals surface area contributed by atoms with Gasteiger partial charge in [-0.1, -0.05) is 18.2 Å². The van der Waals surface area contributed by atoms with Crippen LogP contribution in [0.5, 0.6) is 11.5 Å². The highest BCUT2D eigenvalue weighted by molar-refractivity contribution is 9.11. The molecule has 0 bridgehead atoms. The van der Waals surface area contributed by atoms with E-state index in [2.05, 4.69) is 31.9 Å². The molecule has 0 saturated heterocycles. The zero-order valence-corrected chi connectivity index (χ0v) is 14.1. The van der Waals surface area contributed by atoms with Crippen LogP contribution in [0.3, 0.4) is 0 Å². The van der Waals surface area contributed by atoms with Crippen molar-refractivity contribution in [2.45, 2.75) is 13.0 Å². The van der Waals surface area contributed by atoms with Crippen molar-refractivity contribution < 1.29 is 14.8 Å². The summed E-state index contributed by atoms with van der Waals surface area (Å²) in [5.41, 5.74) is 0.583. The minimum Gasteiger partial charge on any atom is -0.455 e. The number of halogens is 2. The van der Waals surface area contributed by atoms with Gasteiger partial charge in [-0.2, -0.15) is 0 Å². The van der Waals surface area contributed by atoms with Crippen molar-refractivity contribution in [3.8, 4) is 11.5 Å². The van der Waals surface area contributed by atoms with E-state index in [0.29, 0.717) is 26.0 Å². The van der Waals surface area contributed by atoms with Crippen molar-refractivity contribution >= 4 is 37.5 Å². The van der Waals surface area contributed by atoms with Gasteiger partial charge in [-0.15, -0.1) is 0 Å². The van der Waals surface area contributed by atoms with Crippen molar-refractivity contribution in [3.63, 3.8) is 0 Å². The molecule has 0 aromatic heterocycles. The average molecular weight is 417 g/mol. The van der Waals surface area contributed by atoms with Crippen LogP contribution in [0.15, 0.2) is 45.3 Å². The number of para-hydroxylation sites is 1. The van der Waals surface area contributed by atoms with Crippen LogP contribution >= 0.6 is 31.9 Å². The van der Waals surface area contributed by atoms with Gasteiger partial charge in [0, 0.05) is 17.7 Å². The van der Waals surface area contributed by atoms with Crippen LogP contribution in [0, 0.1) is 10.1 Å². The molecule has 110 valence electrons. The lowest BCUT2D eigenvalue weighted by Crippen LogP contribution is -1.97. The Bertz CT molecular complexity index is 665. The second kappa shape index (κ2) is 6.55. The van der Waals surface area contributed by atoms with Crippen LogP contribution in [0.2, 0.25) is 0 Å². The maximum absolute atomic E-state index is 10.8. The first kappa shape index (κ1) is 15.9. The lowest BCUT2D eigenvalue weighted by Gasteiger charge is -2.15. The predicted octanol–water partition coefficient (Wildman–Crippen LogP) is 4.97. The molecule has 2 aromatic carbocycles. The molecule has 0 unspecified atom stereocenters. The molecule has 0 radical (unpaired) electrons. The molecule has 2 rings (SSSR count). The Morgan fingerprint density at radius 3 is 2.33 bits per heavy atom. The molecule has 1 N–H and O–H groups in total. The number of rotatable bonds is 4. The zero-order valence-electron chi connectivity index (χ0n) is 10.9. The van der Waals surface area contributed by atoms with E-state index >= 15 is 0 Å². The zero-order chi connectivity index (χ0) is 15.6. The van der Waals surface area contributed by atoms with Crippen molar-refractivity contribution in [3.05, 3.63) is 61.0 Å². The Morgan fingerprint density at radius 2 is 1.81 bits per heavy atom. The SMILES string of the molecule is C[C@H](O)c1ccccc1Oc1c(Br)cc([N+](=O)[O-])cc1Br. The van der Waals surface area contributed by atoms with E-state index in [1.54, 1.807) is 31.2 Å². The Balaban J connectivity index is 2.43. The second-order valence-corrected chi connectivity index (χ2v) is 6.02. The summed E-state index contributed by atoms with van der Waals surface area (Å²) in [5, 5.41) is 20.6. The minimum absolute atomic E-state index is 0.0510. The molecule has 0 aliphatic carbocycles. The van der Waals surface area contributed by atoms with Gasteiger partial charge in [0.1, 0.15) is 5.75 Å². The third kappa shape index (κ3) is 3.61. The van der Waals surface area contributed by atoms with Gasteiger partial charge < -0.3 is 9.84 Å². The van der Waals surface area contributed by atoms with Crippen LogP contribution < -0.4 is 4.74 Å². The van der Waals surface area contributed by atoms with Gasteiger partial charge in [-0.05, 0) is 44.8 Å². The largest absolute Gasteiger partial charge is 0.455 e. The van der Waals surface area contributed by atoms with E-state index in [1.807, 2.05) is 0 Å². The third-order valence-electron chi connectivity index (χ3n) is 2.77. The highest BCUT2D eigenvalue weighted by Crippen LogP contribution is 2.41. The monoisotopic (exact) mass is 415 g/mol. The van der Waals surface area contributed by atoms with Crippen LogP contribution in [-0.2, 0) is 0 Å². The molecule has 0 spiro atoms. The second-order valence-electron chi connectivity index (χ2n) is 4.31. The molecular weight excluding hydrogens is 406 g/mol. The summed E-state index contributed by atoms with van der Waals surface area (Å²) < 4.78 is 6.69. The number of benzene rings is 2. The predicted molar refractivity (Wildman–Crippen MR) is 85.6 cm³/mol. The van der Waals surface area contributed by atoms with Crippen LogP contribution in [0.4, 0.5) is 5.69 Å². The molecule has 0 saturated carbocycles.